The van der Waals surface area contributed by atoms with Crippen LogP contribution in [0.2, 0.25) is 0 Å². The van der Waals surface area contributed by atoms with Crippen LogP contribution >= 0.6 is 11.3 Å². The zero-order valence-corrected chi connectivity index (χ0v) is 15.5. The maximum Gasteiger partial charge on any atom is 0.419 e. The Morgan fingerprint density at radius 1 is 1.19 bits per heavy atom. The lowest BCUT2D eigenvalue weighted by atomic mass is 10.1. The zero-order valence-electron chi connectivity index (χ0n) is 14.6. The summed E-state index contributed by atoms with van der Waals surface area (Å²) in [5.41, 5.74) is 3.87. The molecule has 0 aliphatic rings. The third-order valence-corrected chi connectivity index (χ3v) is 4.99. The molecule has 4 rings (SSSR count). The molecule has 2 aromatic carbocycles. The number of aryl methyl sites for hydroxylation is 2. The van der Waals surface area contributed by atoms with Gasteiger partial charge in [-0.3, -0.25) is 9.36 Å². The molecule has 7 heteroatoms. The number of benzene rings is 2. The number of amides is 1. The van der Waals surface area contributed by atoms with E-state index < -0.39 is 5.76 Å². The molecule has 0 saturated carbocycles. The molecular weight excluding hydrogens is 362 g/mol. The van der Waals surface area contributed by atoms with Gasteiger partial charge in [0.15, 0.2) is 5.58 Å². The van der Waals surface area contributed by atoms with Crippen LogP contribution in [0.4, 0.5) is 5.69 Å². The molecule has 4 aromatic rings. The quantitative estimate of drug-likeness (QED) is 0.567. The number of thiazole rings is 1. The number of hydrogen-bond acceptors (Lipinski definition) is 5. The first kappa shape index (κ1) is 17.2. The average Bonchev–Trinajstić information content (AvgIpc) is 3.23. The highest BCUT2D eigenvalue weighted by Crippen LogP contribution is 2.23. The van der Waals surface area contributed by atoms with Crippen LogP contribution in [0.15, 0.2) is 63.1 Å². The number of aromatic nitrogens is 2. The highest BCUT2D eigenvalue weighted by atomic mass is 32.1. The van der Waals surface area contributed by atoms with Crippen LogP contribution in [0.3, 0.4) is 0 Å². The fraction of sp³-hybridized carbons (Fsp3) is 0.150. The smallest absolute Gasteiger partial charge is 0.408 e. The molecule has 0 radical (unpaired) electrons. The number of para-hydroxylation sites is 2. The summed E-state index contributed by atoms with van der Waals surface area (Å²) in [7, 11) is 0. The van der Waals surface area contributed by atoms with E-state index in [2.05, 4.69) is 10.3 Å². The summed E-state index contributed by atoms with van der Waals surface area (Å²) in [4.78, 5) is 28.6. The van der Waals surface area contributed by atoms with Crippen molar-refractivity contribution in [3.63, 3.8) is 0 Å². The van der Waals surface area contributed by atoms with Crippen molar-refractivity contribution in [2.75, 3.05) is 5.32 Å². The molecule has 1 amide bonds. The third-order valence-electron chi connectivity index (χ3n) is 4.22. The van der Waals surface area contributed by atoms with Gasteiger partial charge in [-0.25, -0.2) is 9.78 Å². The van der Waals surface area contributed by atoms with Gasteiger partial charge < -0.3 is 9.73 Å². The summed E-state index contributed by atoms with van der Waals surface area (Å²) in [5.74, 6) is -0.614. The summed E-state index contributed by atoms with van der Waals surface area (Å²) >= 11 is 1.60. The SMILES string of the molecule is Cc1nc(-c2ccc(NC(=O)CCn3c(=O)oc4ccccc43)cc2)cs1. The number of carbonyl (C=O) groups excluding carboxylic acids is 1. The van der Waals surface area contributed by atoms with Crippen molar-refractivity contribution in [3.8, 4) is 11.3 Å². The van der Waals surface area contributed by atoms with Crippen LogP contribution in [0.25, 0.3) is 22.4 Å². The van der Waals surface area contributed by atoms with Crippen LogP contribution in [0.1, 0.15) is 11.4 Å². The molecule has 0 atom stereocenters. The van der Waals surface area contributed by atoms with E-state index in [0.717, 1.165) is 16.3 Å². The molecule has 0 spiro atoms. The van der Waals surface area contributed by atoms with Gasteiger partial charge in [-0.05, 0) is 31.2 Å². The van der Waals surface area contributed by atoms with Gasteiger partial charge in [-0.1, -0.05) is 24.3 Å². The van der Waals surface area contributed by atoms with Gasteiger partial charge in [0.05, 0.1) is 16.2 Å². The van der Waals surface area contributed by atoms with Crippen molar-refractivity contribution < 1.29 is 9.21 Å². The molecule has 136 valence electrons. The van der Waals surface area contributed by atoms with Crippen LogP contribution in [0.5, 0.6) is 0 Å². The minimum atomic E-state index is -0.452. The standard InChI is InChI=1S/C20H17N3O3S/c1-13-21-16(12-27-13)14-6-8-15(9-7-14)22-19(24)10-11-23-17-4-2-3-5-18(17)26-20(23)25/h2-9,12H,10-11H2,1H3,(H,22,24). The van der Waals surface area contributed by atoms with Crippen molar-refractivity contribution in [2.24, 2.45) is 0 Å². The fourth-order valence-corrected chi connectivity index (χ4v) is 3.50. The Morgan fingerprint density at radius 2 is 1.96 bits per heavy atom. The Morgan fingerprint density at radius 3 is 2.70 bits per heavy atom. The van der Waals surface area contributed by atoms with E-state index in [1.807, 2.05) is 42.6 Å². The first-order valence-electron chi connectivity index (χ1n) is 8.51. The van der Waals surface area contributed by atoms with E-state index in [1.54, 1.807) is 29.5 Å². The molecule has 0 fully saturated rings. The topological polar surface area (TPSA) is 77.1 Å². The second-order valence-corrected chi connectivity index (χ2v) is 7.18. The van der Waals surface area contributed by atoms with Gasteiger partial charge >= 0.3 is 5.76 Å². The lowest BCUT2D eigenvalue weighted by molar-refractivity contribution is -0.116. The van der Waals surface area contributed by atoms with Gasteiger partial charge in [-0.2, -0.15) is 0 Å². The van der Waals surface area contributed by atoms with Gasteiger partial charge in [0.2, 0.25) is 5.91 Å². The van der Waals surface area contributed by atoms with E-state index in [4.69, 9.17) is 4.42 Å². The Labute approximate surface area is 159 Å². The number of fused-ring (bicyclic) bond motifs is 1. The van der Waals surface area contributed by atoms with Crippen LogP contribution in [-0.2, 0) is 11.3 Å². The normalized spacial score (nSPS) is 11.0. The van der Waals surface area contributed by atoms with E-state index in [-0.39, 0.29) is 18.9 Å². The van der Waals surface area contributed by atoms with Gasteiger partial charge in [0, 0.05) is 29.6 Å². The van der Waals surface area contributed by atoms with E-state index in [1.165, 1.54) is 4.57 Å². The largest absolute Gasteiger partial charge is 0.419 e. The molecule has 1 N–H and O–H groups in total. The molecule has 0 saturated heterocycles. The number of rotatable bonds is 5. The van der Waals surface area contributed by atoms with Crippen LogP contribution in [-0.4, -0.2) is 15.5 Å². The molecule has 27 heavy (non-hydrogen) atoms. The van der Waals surface area contributed by atoms with Crippen molar-refractivity contribution in [3.05, 3.63) is 69.5 Å². The first-order valence-corrected chi connectivity index (χ1v) is 9.39. The van der Waals surface area contributed by atoms with Crippen molar-refractivity contribution >= 4 is 34.0 Å². The summed E-state index contributed by atoms with van der Waals surface area (Å²) in [6, 6.07) is 14.7. The maximum absolute atomic E-state index is 12.2. The van der Waals surface area contributed by atoms with Gasteiger partial charge in [0.25, 0.3) is 0 Å². The van der Waals surface area contributed by atoms with Crippen LogP contribution in [0, 0.1) is 6.92 Å². The lowest BCUT2D eigenvalue weighted by Gasteiger charge is -2.06. The average molecular weight is 379 g/mol. The Balaban J connectivity index is 1.40. The monoisotopic (exact) mass is 379 g/mol. The fourth-order valence-electron chi connectivity index (χ4n) is 2.88. The van der Waals surface area contributed by atoms with Gasteiger partial charge in [-0.15, -0.1) is 11.3 Å². The van der Waals surface area contributed by atoms with Gasteiger partial charge in [0.1, 0.15) is 0 Å². The molecule has 2 aromatic heterocycles. The molecular formula is C20H17N3O3S. The van der Waals surface area contributed by atoms with E-state index in [9.17, 15) is 9.59 Å². The Kier molecular flexibility index (Phi) is 4.60. The highest BCUT2D eigenvalue weighted by molar-refractivity contribution is 7.09. The number of anilines is 1. The molecule has 2 heterocycles. The number of hydrogen-bond donors (Lipinski definition) is 1. The molecule has 0 unspecified atom stereocenters. The predicted molar refractivity (Wildman–Crippen MR) is 106 cm³/mol. The molecule has 0 aliphatic heterocycles. The Hall–Kier alpha value is -3.19. The van der Waals surface area contributed by atoms with Crippen LogP contribution < -0.4 is 11.1 Å². The number of carbonyl (C=O) groups is 1. The highest BCUT2D eigenvalue weighted by Gasteiger charge is 2.11. The van der Waals surface area contributed by atoms with Crippen molar-refractivity contribution in [2.45, 2.75) is 19.9 Å². The number of oxazole rings is 1. The van der Waals surface area contributed by atoms with E-state index in [0.29, 0.717) is 16.8 Å². The Bertz CT molecular complexity index is 1160. The maximum atomic E-state index is 12.2. The second kappa shape index (κ2) is 7.20. The summed E-state index contributed by atoms with van der Waals surface area (Å²) in [6.45, 7) is 2.23. The van der Waals surface area contributed by atoms with E-state index >= 15 is 0 Å². The minimum Gasteiger partial charge on any atom is -0.408 e. The first-order chi connectivity index (χ1) is 13.1. The number of nitrogens with one attached hydrogen (secondary N) is 1. The third kappa shape index (κ3) is 3.68. The summed E-state index contributed by atoms with van der Waals surface area (Å²) in [6.07, 6.45) is 0.177. The molecule has 0 aliphatic carbocycles. The number of nitrogens with zero attached hydrogens (tertiary/aromatic N) is 2. The summed E-state index contributed by atoms with van der Waals surface area (Å²) in [5, 5.41) is 5.88. The predicted octanol–water partition coefficient (Wildman–Crippen LogP) is 4.06. The summed E-state index contributed by atoms with van der Waals surface area (Å²) < 4.78 is 6.65. The second-order valence-electron chi connectivity index (χ2n) is 6.11. The minimum absolute atomic E-state index is 0.163. The molecule has 0 bridgehead atoms. The lowest BCUT2D eigenvalue weighted by Crippen LogP contribution is -2.19. The van der Waals surface area contributed by atoms with Crippen molar-refractivity contribution in [1.29, 1.82) is 0 Å². The molecule has 6 nitrogen and oxygen atoms in total. The zero-order chi connectivity index (χ0) is 18.8. The van der Waals surface area contributed by atoms with Crippen molar-refractivity contribution in [1.82, 2.24) is 9.55 Å².